The number of nitrogens with zero attached hydrogens (tertiary/aromatic N) is 2. The van der Waals surface area contributed by atoms with Gasteiger partial charge in [-0.1, -0.05) is 89.6 Å². The molecule has 2 aromatic rings. The van der Waals surface area contributed by atoms with Crippen LogP contribution in [-0.4, -0.2) is 4.98 Å². The molecule has 0 bridgehead atoms. The van der Waals surface area contributed by atoms with Crippen molar-refractivity contribution in [1.29, 1.82) is 5.26 Å². The summed E-state index contributed by atoms with van der Waals surface area (Å²) in [5.74, 6) is 1.23. The number of unbranched alkanes of at least 4 members (excludes halogenated alkanes) is 5. The SMILES string of the molecule is CCCCCCCCc1ccc(-c2ccc([C@H]3CC[C@@](C#N)(C[C@@H](C)CC)CC3)cc2)nc1. The Hall–Kier alpha value is -2.14. The van der Waals surface area contributed by atoms with Crippen LogP contribution in [0.2, 0.25) is 0 Å². The van der Waals surface area contributed by atoms with E-state index in [0.29, 0.717) is 11.8 Å². The molecule has 1 aliphatic carbocycles. The fraction of sp³-hybridized carbons (Fsp3) is 0.613. The maximum atomic E-state index is 9.86. The van der Waals surface area contributed by atoms with Crippen molar-refractivity contribution in [1.82, 2.24) is 4.98 Å². The van der Waals surface area contributed by atoms with Crippen LogP contribution in [0, 0.1) is 22.7 Å². The fourth-order valence-corrected chi connectivity index (χ4v) is 5.46. The molecule has 0 aliphatic heterocycles. The van der Waals surface area contributed by atoms with Gasteiger partial charge in [0.2, 0.25) is 0 Å². The third kappa shape index (κ3) is 7.43. The Kier molecular flexibility index (Phi) is 9.98. The van der Waals surface area contributed by atoms with E-state index < -0.39 is 0 Å². The molecule has 1 aliphatic rings. The van der Waals surface area contributed by atoms with E-state index in [2.05, 4.69) is 69.4 Å². The lowest BCUT2D eigenvalue weighted by Gasteiger charge is -2.36. The lowest BCUT2D eigenvalue weighted by atomic mass is 9.66. The first-order valence-electron chi connectivity index (χ1n) is 13.6. The molecule has 0 saturated heterocycles. The van der Waals surface area contributed by atoms with Gasteiger partial charge in [-0.3, -0.25) is 4.98 Å². The summed E-state index contributed by atoms with van der Waals surface area (Å²) in [6.45, 7) is 6.80. The van der Waals surface area contributed by atoms with Gasteiger partial charge in [-0.15, -0.1) is 0 Å². The van der Waals surface area contributed by atoms with Crippen molar-refractivity contribution in [3.05, 3.63) is 53.7 Å². The summed E-state index contributed by atoms with van der Waals surface area (Å²) in [6.07, 6.45) is 17.8. The Labute approximate surface area is 202 Å². The average molecular weight is 445 g/mol. The Bertz CT molecular complexity index is 851. The van der Waals surface area contributed by atoms with E-state index >= 15 is 0 Å². The van der Waals surface area contributed by atoms with Crippen LogP contribution in [0.4, 0.5) is 0 Å². The highest BCUT2D eigenvalue weighted by atomic mass is 14.7. The number of hydrogen-bond donors (Lipinski definition) is 0. The maximum absolute atomic E-state index is 9.86. The van der Waals surface area contributed by atoms with Crippen molar-refractivity contribution in [3.63, 3.8) is 0 Å². The molecular weight excluding hydrogens is 400 g/mol. The van der Waals surface area contributed by atoms with Gasteiger partial charge in [0, 0.05) is 11.8 Å². The number of aryl methyl sites for hydroxylation is 1. The van der Waals surface area contributed by atoms with Crippen molar-refractivity contribution in [3.8, 4) is 17.3 Å². The fourth-order valence-electron chi connectivity index (χ4n) is 5.46. The second-order valence-corrected chi connectivity index (χ2v) is 10.6. The van der Waals surface area contributed by atoms with Gasteiger partial charge >= 0.3 is 0 Å². The lowest BCUT2D eigenvalue weighted by Crippen LogP contribution is -2.27. The monoisotopic (exact) mass is 444 g/mol. The van der Waals surface area contributed by atoms with Crippen LogP contribution < -0.4 is 0 Å². The minimum Gasteiger partial charge on any atom is -0.256 e. The molecule has 2 heteroatoms. The van der Waals surface area contributed by atoms with Gasteiger partial charge in [0.25, 0.3) is 0 Å². The third-order valence-electron chi connectivity index (χ3n) is 7.94. The normalized spacial score (nSPS) is 21.5. The summed E-state index contributed by atoms with van der Waals surface area (Å²) in [6, 6.07) is 16.2. The molecule has 2 nitrogen and oxygen atoms in total. The van der Waals surface area contributed by atoms with E-state index in [9.17, 15) is 5.26 Å². The topological polar surface area (TPSA) is 36.7 Å². The van der Waals surface area contributed by atoms with Crippen LogP contribution in [0.1, 0.15) is 115 Å². The minimum absolute atomic E-state index is 0.0902. The van der Waals surface area contributed by atoms with Crippen molar-refractivity contribution in [2.45, 2.75) is 110 Å². The van der Waals surface area contributed by atoms with Crippen LogP contribution in [0.3, 0.4) is 0 Å². The molecule has 1 fully saturated rings. The zero-order valence-electron chi connectivity index (χ0n) is 21.3. The highest BCUT2D eigenvalue weighted by Gasteiger charge is 2.36. The van der Waals surface area contributed by atoms with Crippen LogP contribution >= 0.6 is 0 Å². The molecule has 0 N–H and O–H groups in total. The maximum Gasteiger partial charge on any atom is 0.0702 e. The lowest BCUT2D eigenvalue weighted by molar-refractivity contribution is 0.198. The number of nitriles is 1. The first kappa shape index (κ1) is 25.5. The molecule has 1 aromatic carbocycles. The molecule has 33 heavy (non-hydrogen) atoms. The summed E-state index contributed by atoms with van der Waals surface area (Å²) >= 11 is 0. The van der Waals surface area contributed by atoms with Crippen LogP contribution in [0.25, 0.3) is 11.3 Å². The van der Waals surface area contributed by atoms with Crippen molar-refractivity contribution < 1.29 is 0 Å². The number of aromatic nitrogens is 1. The van der Waals surface area contributed by atoms with Crippen molar-refractivity contribution in [2.24, 2.45) is 11.3 Å². The zero-order valence-corrected chi connectivity index (χ0v) is 21.3. The van der Waals surface area contributed by atoms with E-state index in [1.165, 1.54) is 61.6 Å². The Balaban J connectivity index is 1.51. The van der Waals surface area contributed by atoms with E-state index in [4.69, 9.17) is 4.98 Å². The second kappa shape index (κ2) is 12.9. The molecule has 3 rings (SSSR count). The molecule has 1 heterocycles. The number of benzene rings is 1. The van der Waals surface area contributed by atoms with Crippen LogP contribution in [-0.2, 0) is 6.42 Å². The Morgan fingerprint density at radius 2 is 1.67 bits per heavy atom. The molecule has 0 spiro atoms. The molecule has 0 amide bonds. The predicted octanol–water partition coefficient (Wildman–Crippen LogP) is 9.26. The number of pyridine rings is 1. The quantitative estimate of drug-likeness (QED) is 0.306. The highest BCUT2D eigenvalue weighted by Crippen LogP contribution is 2.46. The van der Waals surface area contributed by atoms with Gasteiger partial charge in [0.1, 0.15) is 0 Å². The van der Waals surface area contributed by atoms with E-state index in [1.54, 1.807) is 0 Å². The molecule has 1 saturated carbocycles. The van der Waals surface area contributed by atoms with Gasteiger partial charge in [-0.2, -0.15) is 5.26 Å². The summed E-state index contributed by atoms with van der Waals surface area (Å²) in [4.78, 5) is 4.75. The zero-order chi connectivity index (χ0) is 23.5. The average Bonchev–Trinajstić information content (AvgIpc) is 2.87. The molecule has 0 radical (unpaired) electrons. The van der Waals surface area contributed by atoms with E-state index in [-0.39, 0.29) is 5.41 Å². The first-order chi connectivity index (χ1) is 16.1. The van der Waals surface area contributed by atoms with Crippen molar-refractivity contribution >= 4 is 0 Å². The summed E-state index contributed by atoms with van der Waals surface area (Å²) in [5, 5.41) is 9.86. The van der Waals surface area contributed by atoms with Gasteiger partial charge in [-0.25, -0.2) is 0 Å². The van der Waals surface area contributed by atoms with Gasteiger partial charge in [-0.05, 0) is 74.0 Å². The van der Waals surface area contributed by atoms with E-state index in [1.807, 2.05) is 0 Å². The number of rotatable bonds is 12. The summed E-state index contributed by atoms with van der Waals surface area (Å²) in [5.41, 5.74) is 4.95. The molecular formula is C31H44N2. The number of hydrogen-bond acceptors (Lipinski definition) is 2. The standard InChI is InChI=1S/C31H44N2/c1-4-6-7-8-9-10-11-26-12-17-30(33-23-26)29-15-13-27(14-16-29)28-18-20-31(24-32,21-19-28)22-25(3)5-2/h12-17,23,25,28H,4-11,18-22H2,1-3H3/t25-,28-,31-/m0/s1. The van der Waals surface area contributed by atoms with Crippen molar-refractivity contribution in [2.75, 3.05) is 0 Å². The van der Waals surface area contributed by atoms with E-state index in [0.717, 1.165) is 44.2 Å². The minimum atomic E-state index is -0.0902. The molecule has 0 unspecified atom stereocenters. The van der Waals surface area contributed by atoms with Crippen LogP contribution in [0.15, 0.2) is 42.6 Å². The summed E-state index contributed by atoms with van der Waals surface area (Å²) < 4.78 is 0. The third-order valence-corrected chi connectivity index (χ3v) is 7.94. The first-order valence-corrected chi connectivity index (χ1v) is 13.6. The Morgan fingerprint density at radius 1 is 0.970 bits per heavy atom. The molecule has 178 valence electrons. The largest absolute Gasteiger partial charge is 0.256 e. The predicted molar refractivity (Wildman–Crippen MR) is 140 cm³/mol. The highest BCUT2D eigenvalue weighted by molar-refractivity contribution is 5.59. The summed E-state index contributed by atoms with van der Waals surface area (Å²) in [7, 11) is 0. The second-order valence-electron chi connectivity index (χ2n) is 10.6. The molecule has 1 aromatic heterocycles. The smallest absolute Gasteiger partial charge is 0.0702 e. The van der Waals surface area contributed by atoms with Gasteiger partial charge in [0.15, 0.2) is 0 Å². The van der Waals surface area contributed by atoms with Gasteiger partial charge < -0.3 is 0 Å². The molecule has 1 atom stereocenters. The van der Waals surface area contributed by atoms with Crippen LogP contribution in [0.5, 0.6) is 0 Å². The van der Waals surface area contributed by atoms with Gasteiger partial charge in [0.05, 0.1) is 17.2 Å². The Morgan fingerprint density at radius 3 is 2.27 bits per heavy atom.